The van der Waals surface area contributed by atoms with Gasteiger partial charge < -0.3 is 10.5 Å². The van der Waals surface area contributed by atoms with Crippen LogP contribution in [0, 0.1) is 0 Å². The van der Waals surface area contributed by atoms with E-state index in [-0.39, 0.29) is 19.3 Å². The van der Waals surface area contributed by atoms with Crippen LogP contribution in [0.5, 0.6) is 0 Å². The van der Waals surface area contributed by atoms with Gasteiger partial charge in [0.25, 0.3) is 0 Å². The maximum absolute atomic E-state index is 11.5. The standard InChI is InChI=1S/C24H35NO4/c1-2-3-4-5-6-7-8-9-10-11-12-13-14-15-16-17-18-19-23(27)29-24(28)21-20-22(25)26/h3-4,6-7,9-10,12-13,15-16H,2,5,8,11,14,17-21H2,1H3,(H2,25,26)/b4-3-,7-6-,10-9-,13-12-,16-15-. The van der Waals surface area contributed by atoms with Gasteiger partial charge in [-0.05, 0) is 44.9 Å². The first-order valence-corrected chi connectivity index (χ1v) is 10.3. The normalized spacial score (nSPS) is 12.2. The molecule has 2 N–H and O–H groups in total. The Bertz CT molecular complexity index is 612. The van der Waals surface area contributed by atoms with E-state index >= 15 is 0 Å². The Hall–Kier alpha value is -2.69. The first kappa shape index (κ1) is 26.3. The summed E-state index contributed by atoms with van der Waals surface area (Å²) < 4.78 is 4.60. The summed E-state index contributed by atoms with van der Waals surface area (Å²) in [5.74, 6) is -1.86. The first-order valence-electron chi connectivity index (χ1n) is 10.3. The molecule has 0 aliphatic carbocycles. The Morgan fingerprint density at radius 1 is 0.655 bits per heavy atom. The van der Waals surface area contributed by atoms with Crippen molar-refractivity contribution in [3.05, 3.63) is 60.8 Å². The lowest BCUT2D eigenvalue weighted by molar-refractivity contribution is -0.160. The number of amides is 1. The number of carbonyl (C=O) groups excluding carboxylic acids is 3. The van der Waals surface area contributed by atoms with E-state index < -0.39 is 17.8 Å². The third-order valence-corrected chi connectivity index (χ3v) is 3.71. The Labute approximate surface area is 175 Å². The van der Waals surface area contributed by atoms with Crippen molar-refractivity contribution < 1.29 is 19.1 Å². The van der Waals surface area contributed by atoms with E-state index in [1.165, 1.54) is 0 Å². The minimum Gasteiger partial charge on any atom is -0.393 e. The summed E-state index contributed by atoms with van der Waals surface area (Å²) in [4.78, 5) is 33.3. The van der Waals surface area contributed by atoms with Crippen LogP contribution >= 0.6 is 0 Å². The van der Waals surface area contributed by atoms with Crippen molar-refractivity contribution in [2.45, 2.75) is 71.1 Å². The molecular weight excluding hydrogens is 366 g/mol. The zero-order valence-corrected chi connectivity index (χ0v) is 17.6. The van der Waals surface area contributed by atoms with Crippen LogP contribution in [0.1, 0.15) is 71.1 Å². The van der Waals surface area contributed by atoms with Gasteiger partial charge in [-0.25, -0.2) is 0 Å². The van der Waals surface area contributed by atoms with Gasteiger partial charge in [-0.1, -0.05) is 67.7 Å². The number of allylic oxidation sites excluding steroid dienone is 10. The van der Waals surface area contributed by atoms with Gasteiger partial charge in [0.2, 0.25) is 5.91 Å². The van der Waals surface area contributed by atoms with Crippen LogP contribution in [-0.4, -0.2) is 17.8 Å². The summed E-state index contributed by atoms with van der Waals surface area (Å²) >= 11 is 0. The summed E-state index contributed by atoms with van der Waals surface area (Å²) in [7, 11) is 0. The second-order valence-electron chi connectivity index (χ2n) is 6.41. The van der Waals surface area contributed by atoms with Crippen LogP contribution in [0.4, 0.5) is 0 Å². The molecule has 0 rings (SSSR count). The zero-order valence-electron chi connectivity index (χ0n) is 17.6. The van der Waals surface area contributed by atoms with E-state index in [4.69, 9.17) is 5.73 Å². The van der Waals surface area contributed by atoms with Gasteiger partial charge >= 0.3 is 11.9 Å². The molecular formula is C24H35NO4. The predicted molar refractivity (Wildman–Crippen MR) is 118 cm³/mol. The predicted octanol–water partition coefficient (Wildman–Crippen LogP) is 5.24. The molecule has 0 aromatic rings. The van der Waals surface area contributed by atoms with Crippen molar-refractivity contribution in [1.82, 2.24) is 0 Å². The summed E-state index contributed by atoms with van der Waals surface area (Å²) in [6.07, 6.45) is 27.4. The average molecular weight is 402 g/mol. The molecule has 0 bridgehead atoms. The van der Waals surface area contributed by atoms with Gasteiger partial charge in [-0.3, -0.25) is 14.4 Å². The van der Waals surface area contributed by atoms with E-state index in [2.05, 4.69) is 66.3 Å². The molecule has 0 aromatic carbocycles. The van der Waals surface area contributed by atoms with Crippen molar-refractivity contribution >= 4 is 17.8 Å². The molecule has 160 valence electrons. The summed E-state index contributed by atoms with van der Waals surface area (Å²) in [6, 6.07) is 0. The third-order valence-electron chi connectivity index (χ3n) is 3.71. The van der Waals surface area contributed by atoms with Gasteiger partial charge in [0.05, 0.1) is 6.42 Å². The number of carbonyl (C=O) groups is 3. The fraction of sp³-hybridized carbons (Fsp3) is 0.458. The highest BCUT2D eigenvalue weighted by Crippen LogP contribution is 2.02. The lowest BCUT2D eigenvalue weighted by Gasteiger charge is -2.01. The topological polar surface area (TPSA) is 86.5 Å². The van der Waals surface area contributed by atoms with Crippen molar-refractivity contribution in [2.75, 3.05) is 0 Å². The number of nitrogens with two attached hydrogens (primary N) is 1. The van der Waals surface area contributed by atoms with Gasteiger partial charge in [-0.2, -0.15) is 0 Å². The van der Waals surface area contributed by atoms with Gasteiger partial charge in [0, 0.05) is 12.8 Å². The molecule has 0 radical (unpaired) electrons. The van der Waals surface area contributed by atoms with Gasteiger partial charge in [-0.15, -0.1) is 0 Å². The summed E-state index contributed by atoms with van der Waals surface area (Å²) in [5.41, 5.74) is 4.93. The number of unbranched alkanes of at least 4 members (excludes halogenated alkanes) is 1. The van der Waals surface area contributed by atoms with E-state index in [9.17, 15) is 14.4 Å². The van der Waals surface area contributed by atoms with Crippen LogP contribution in [0.3, 0.4) is 0 Å². The van der Waals surface area contributed by atoms with E-state index in [1.54, 1.807) is 0 Å². The lowest BCUT2D eigenvalue weighted by atomic mass is 10.2. The second-order valence-corrected chi connectivity index (χ2v) is 6.41. The van der Waals surface area contributed by atoms with Crippen molar-refractivity contribution in [3.63, 3.8) is 0 Å². The van der Waals surface area contributed by atoms with Crippen molar-refractivity contribution in [2.24, 2.45) is 5.73 Å². The SMILES string of the molecule is CC/C=C\C/C=C\C/C=C\C/C=C\C/C=C\CCCC(=O)OC(=O)CCC(N)=O. The number of ether oxygens (including phenoxy) is 1. The summed E-state index contributed by atoms with van der Waals surface area (Å²) in [5, 5.41) is 0. The van der Waals surface area contributed by atoms with Crippen LogP contribution in [-0.2, 0) is 19.1 Å². The molecule has 0 saturated carbocycles. The Morgan fingerprint density at radius 2 is 1.10 bits per heavy atom. The van der Waals surface area contributed by atoms with E-state index in [0.717, 1.165) is 38.5 Å². The average Bonchev–Trinajstić information content (AvgIpc) is 2.68. The Morgan fingerprint density at radius 3 is 1.59 bits per heavy atom. The number of esters is 2. The molecule has 5 heteroatoms. The highest BCUT2D eigenvalue weighted by atomic mass is 16.6. The molecule has 0 saturated heterocycles. The molecule has 5 nitrogen and oxygen atoms in total. The number of hydrogen-bond acceptors (Lipinski definition) is 4. The quantitative estimate of drug-likeness (QED) is 0.166. The minimum atomic E-state index is -0.705. The fourth-order valence-electron chi connectivity index (χ4n) is 2.19. The number of rotatable bonds is 16. The largest absolute Gasteiger partial charge is 0.393 e. The maximum atomic E-state index is 11.5. The zero-order chi connectivity index (χ0) is 21.6. The molecule has 0 aliphatic rings. The molecule has 0 aliphatic heterocycles. The summed E-state index contributed by atoms with van der Waals surface area (Å²) in [6.45, 7) is 2.13. The van der Waals surface area contributed by atoms with Crippen LogP contribution in [0.15, 0.2) is 60.8 Å². The molecule has 0 fully saturated rings. The molecule has 1 amide bonds. The van der Waals surface area contributed by atoms with Crippen molar-refractivity contribution in [1.29, 1.82) is 0 Å². The van der Waals surface area contributed by atoms with Crippen LogP contribution in [0.25, 0.3) is 0 Å². The Kier molecular flexibility index (Phi) is 18.2. The van der Waals surface area contributed by atoms with Gasteiger partial charge in [0.15, 0.2) is 0 Å². The van der Waals surface area contributed by atoms with Crippen LogP contribution in [0.2, 0.25) is 0 Å². The van der Waals surface area contributed by atoms with Gasteiger partial charge in [0.1, 0.15) is 0 Å². The molecule has 0 atom stereocenters. The maximum Gasteiger partial charge on any atom is 0.313 e. The number of hydrogen-bond donors (Lipinski definition) is 1. The molecule has 0 unspecified atom stereocenters. The smallest absolute Gasteiger partial charge is 0.313 e. The molecule has 0 spiro atoms. The third kappa shape index (κ3) is 21.5. The molecule has 0 aromatic heterocycles. The molecule has 29 heavy (non-hydrogen) atoms. The van der Waals surface area contributed by atoms with E-state index in [0.29, 0.717) is 6.42 Å². The lowest BCUT2D eigenvalue weighted by Crippen LogP contribution is -2.16. The highest BCUT2D eigenvalue weighted by molar-refractivity contribution is 5.87. The van der Waals surface area contributed by atoms with Crippen LogP contribution < -0.4 is 5.73 Å². The number of primary amides is 1. The van der Waals surface area contributed by atoms with E-state index in [1.807, 2.05) is 6.08 Å². The monoisotopic (exact) mass is 401 g/mol. The first-order chi connectivity index (χ1) is 14.1. The second kappa shape index (κ2) is 20.1. The molecule has 0 heterocycles. The Balaban J connectivity index is 3.62. The highest BCUT2D eigenvalue weighted by Gasteiger charge is 2.10. The fourth-order valence-corrected chi connectivity index (χ4v) is 2.19. The van der Waals surface area contributed by atoms with Crippen molar-refractivity contribution in [3.8, 4) is 0 Å². The minimum absolute atomic E-state index is 0.105.